The molecule has 0 rings (SSSR count). The molecule has 0 bridgehead atoms. The highest BCUT2D eigenvalue weighted by Gasteiger charge is 2.26. The van der Waals surface area contributed by atoms with Crippen molar-refractivity contribution in [3.8, 4) is 0 Å². The van der Waals surface area contributed by atoms with Crippen molar-refractivity contribution < 1.29 is 4.79 Å². The predicted molar refractivity (Wildman–Crippen MR) is 117 cm³/mol. The van der Waals surface area contributed by atoms with Gasteiger partial charge in [0.1, 0.15) is 6.29 Å². The smallest absolute Gasteiger partial charge is 0.126 e. The lowest BCUT2D eigenvalue weighted by molar-refractivity contribution is -0.117. The van der Waals surface area contributed by atoms with Crippen molar-refractivity contribution in [2.24, 2.45) is 17.1 Å². The highest BCUT2D eigenvalue weighted by molar-refractivity contribution is 5.59. The molecule has 0 radical (unpaired) electrons. The molecular formula is C24H49NO. The molecule has 0 aromatic heterocycles. The third-order valence-corrected chi connectivity index (χ3v) is 6.50. The summed E-state index contributed by atoms with van der Waals surface area (Å²) in [5, 5.41) is 0. The van der Waals surface area contributed by atoms with Gasteiger partial charge in [-0.1, -0.05) is 98.3 Å². The molecule has 0 aliphatic heterocycles. The standard InChI is InChI=1S/C24H49NO/c1-5-9-17-22(7-3)23(25)18-15-13-11-12-14-16-20-24(8-4,21-26)19-10-6-2/h21-23H,5-20,25H2,1-4H3. The molecule has 2 heteroatoms. The molecule has 26 heavy (non-hydrogen) atoms. The lowest BCUT2D eigenvalue weighted by Crippen LogP contribution is -2.29. The number of hydrogen-bond donors (Lipinski definition) is 1. The van der Waals surface area contributed by atoms with Crippen molar-refractivity contribution in [2.45, 2.75) is 136 Å². The van der Waals surface area contributed by atoms with E-state index in [4.69, 9.17) is 5.73 Å². The fourth-order valence-corrected chi connectivity index (χ4v) is 4.20. The lowest BCUT2D eigenvalue weighted by atomic mass is 9.77. The van der Waals surface area contributed by atoms with E-state index in [1.54, 1.807) is 0 Å². The Hall–Kier alpha value is -0.370. The fourth-order valence-electron chi connectivity index (χ4n) is 4.20. The maximum absolute atomic E-state index is 11.6. The quantitative estimate of drug-likeness (QED) is 0.190. The second kappa shape index (κ2) is 16.8. The van der Waals surface area contributed by atoms with E-state index in [1.165, 1.54) is 89.8 Å². The van der Waals surface area contributed by atoms with E-state index >= 15 is 0 Å². The van der Waals surface area contributed by atoms with Crippen LogP contribution >= 0.6 is 0 Å². The minimum Gasteiger partial charge on any atom is -0.327 e. The first kappa shape index (κ1) is 25.6. The van der Waals surface area contributed by atoms with Gasteiger partial charge in [0, 0.05) is 11.5 Å². The average Bonchev–Trinajstić information content (AvgIpc) is 2.67. The van der Waals surface area contributed by atoms with Crippen LogP contribution < -0.4 is 5.73 Å². The zero-order valence-electron chi connectivity index (χ0n) is 18.5. The van der Waals surface area contributed by atoms with Gasteiger partial charge in [-0.15, -0.1) is 0 Å². The van der Waals surface area contributed by atoms with E-state index in [2.05, 4.69) is 27.7 Å². The second-order valence-corrected chi connectivity index (χ2v) is 8.57. The number of carbonyl (C=O) groups is 1. The minimum atomic E-state index is -0.0313. The van der Waals surface area contributed by atoms with Crippen LogP contribution in [0.25, 0.3) is 0 Å². The number of unbranched alkanes of at least 4 members (excludes halogenated alkanes) is 7. The molecule has 3 atom stereocenters. The molecule has 0 aliphatic carbocycles. The molecule has 0 aromatic carbocycles. The Bertz CT molecular complexity index is 317. The molecule has 2 nitrogen and oxygen atoms in total. The van der Waals surface area contributed by atoms with Gasteiger partial charge in [-0.25, -0.2) is 0 Å². The Morgan fingerprint density at radius 1 is 0.769 bits per heavy atom. The maximum atomic E-state index is 11.6. The topological polar surface area (TPSA) is 43.1 Å². The van der Waals surface area contributed by atoms with E-state index in [0.717, 1.165) is 25.2 Å². The van der Waals surface area contributed by atoms with Crippen molar-refractivity contribution in [3.05, 3.63) is 0 Å². The summed E-state index contributed by atoms with van der Waals surface area (Å²) in [5.41, 5.74) is 6.39. The van der Waals surface area contributed by atoms with Gasteiger partial charge in [0.15, 0.2) is 0 Å². The van der Waals surface area contributed by atoms with Crippen molar-refractivity contribution >= 4 is 6.29 Å². The van der Waals surface area contributed by atoms with Crippen LogP contribution in [0.4, 0.5) is 0 Å². The Labute approximate surface area is 165 Å². The molecule has 0 saturated heterocycles. The van der Waals surface area contributed by atoms with E-state index in [9.17, 15) is 4.79 Å². The van der Waals surface area contributed by atoms with Gasteiger partial charge >= 0.3 is 0 Å². The normalized spacial score (nSPS) is 16.2. The van der Waals surface area contributed by atoms with Gasteiger partial charge in [-0.05, 0) is 38.0 Å². The fraction of sp³-hybridized carbons (Fsp3) is 0.958. The molecule has 3 unspecified atom stereocenters. The Balaban J connectivity index is 3.78. The molecule has 0 spiro atoms. The minimum absolute atomic E-state index is 0.0313. The van der Waals surface area contributed by atoms with Crippen LogP contribution in [0.5, 0.6) is 0 Å². The van der Waals surface area contributed by atoms with Crippen molar-refractivity contribution in [1.82, 2.24) is 0 Å². The van der Waals surface area contributed by atoms with Crippen LogP contribution in [0.15, 0.2) is 0 Å². The summed E-state index contributed by atoms with van der Waals surface area (Å²) in [6.07, 6.45) is 20.9. The third kappa shape index (κ3) is 11.4. The summed E-state index contributed by atoms with van der Waals surface area (Å²) in [4.78, 5) is 11.6. The third-order valence-electron chi connectivity index (χ3n) is 6.50. The monoisotopic (exact) mass is 367 g/mol. The number of carbonyl (C=O) groups excluding carboxylic acids is 1. The molecular weight excluding hydrogens is 318 g/mol. The van der Waals surface area contributed by atoms with Gasteiger partial charge in [0.05, 0.1) is 0 Å². The van der Waals surface area contributed by atoms with E-state index < -0.39 is 0 Å². The zero-order chi connectivity index (χ0) is 19.7. The van der Waals surface area contributed by atoms with Crippen molar-refractivity contribution in [2.75, 3.05) is 0 Å². The Morgan fingerprint density at radius 3 is 1.88 bits per heavy atom. The summed E-state index contributed by atoms with van der Waals surface area (Å²) in [6, 6.07) is 0.405. The first-order valence-electron chi connectivity index (χ1n) is 11.8. The number of rotatable bonds is 19. The first-order valence-corrected chi connectivity index (χ1v) is 11.8. The van der Waals surface area contributed by atoms with Gasteiger partial charge in [-0.2, -0.15) is 0 Å². The number of hydrogen-bond acceptors (Lipinski definition) is 2. The van der Waals surface area contributed by atoms with Gasteiger partial charge < -0.3 is 10.5 Å². The zero-order valence-corrected chi connectivity index (χ0v) is 18.5. The van der Waals surface area contributed by atoms with Gasteiger partial charge in [-0.3, -0.25) is 0 Å². The summed E-state index contributed by atoms with van der Waals surface area (Å²) in [7, 11) is 0. The summed E-state index contributed by atoms with van der Waals surface area (Å²) >= 11 is 0. The SMILES string of the molecule is CCCCC(CC)C(N)CCCCCCCCC(C=O)(CC)CCCC. The van der Waals surface area contributed by atoms with Crippen LogP contribution in [0.3, 0.4) is 0 Å². The lowest BCUT2D eigenvalue weighted by Gasteiger charge is -2.26. The highest BCUT2D eigenvalue weighted by Crippen LogP contribution is 2.32. The summed E-state index contributed by atoms with van der Waals surface area (Å²) < 4.78 is 0. The van der Waals surface area contributed by atoms with Crippen LogP contribution in [-0.2, 0) is 4.79 Å². The van der Waals surface area contributed by atoms with Crippen LogP contribution in [0.1, 0.15) is 130 Å². The van der Waals surface area contributed by atoms with E-state index in [0.29, 0.717) is 6.04 Å². The molecule has 0 heterocycles. The van der Waals surface area contributed by atoms with Crippen molar-refractivity contribution in [1.29, 1.82) is 0 Å². The molecule has 0 amide bonds. The van der Waals surface area contributed by atoms with Crippen LogP contribution in [-0.4, -0.2) is 12.3 Å². The molecule has 2 N–H and O–H groups in total. The van der Waals surface area contributed by atoms with E-state index in [1.807, 2.05) is 0 Å². The number of aldehydes is 1. The largest absolute Gasteiger partial charge is 0.327 e. The number of nitrogens with two attached hydrogens (primary N) is 1. The molecule has 0 saturated carbocycles. The van der Waals surface area contributed by atoms with Gasteiger partial charge in [0.25, 0.3) is 0 Å². The molecule has 0 aromatic rings. The first-order chi connectivity index (χ1) is 12.6. The van der Waals surface area contributed by atoms with Crippen molar-refractivity contribution in [3.63, 3.8) is 0 Å². The maximum Gasteiger partial charge on any atom is 0.126 e. The molecule has 156 valence electrons. The summed E-state index contributed by atoms with van der Waals surface area (Å²) in [6.45, 7) is 8.94. The predicted octanol–water partition coefficient (Wildman–Crippen LogP) is 7.44. The Kier molecular flexibility index (Phi) is 16.5. The van der Waals surface area contributed by atoms with E-state index in [-0.39, 0.29) is 5.41 Å². The van der Waals surface area contributed by atoms with Crippen LogP contribution in [0, 0.1) is 11.3 Å². The molecule has 0 fully saturated rings. The Morgan fingerprint density at radius 2 is 1.35 bits per heavy atom. The average molecular weight is 368 g/mol. The van der Waals surface area contributed by atoms with Crippen LogP contribution in [0.2, 0.25) is 0 Å². The highest BCUT2D eigenvalue weighted by atomic mass is 16.1. The summed E-state index contributed by atoms with van der Waals surface area (Å²) in [5.74, 6) is 0.726. The van der Waals surface area contributed by atoms with Gasteiger partial charge in [0.2, 0.25) is 0 Å². The second-order valence-electron chi connectivity index (χ2n) is 8.57. The molecule has 0 aliphatic rings.